The van der Waals surface area contributed by atoms with Gasteiger partial charge in [0.25, 0.3) is 0 Å². The second-order valence-corrected chi connectivity index (χ2v) is 4.52. The summed E-state index contributed by atoms with van der Waals surface area (Å²) in [5.74, 6) is 0. The lowest BCUT2D eigenvalue weighted by Crippen LogP contribution is -2.40. The van der Waals surface area contributed by atoms with Crippen molar-refractivity contribution < 1.29 is 5.11 Å². The van der Waals surface area contributed by atoms with Crippen LogP contribution in [0.3, 0.4) is 0 Å². The first-order valence-corrected chi connectivity index (χ1v) is 5.75. The second-order valence-electron chi connectivity index (χ2n) is 4.52. The zero-order valence-electron chi connectivity index (χ0n) is 8.58. The van der Waals surface area contributed by atoms with E-state index < -0.39 is 0 Å². The smallest absolute Gasteiger partial charge is 0.0541 e. The summed E-state index contributed by atoms with van der Waals surface area (Å²) < 4.78 is 0. The molecule has 0 amide bonds. The maximum Gasteiger partial charge on any atom is 0.0541 e. The van der Waals surface area contributed by atoms with Crippen molar-refractivity contribution in [3.8, 4) is 0 Å². The van der Waals surface area contributed by atoms with Gasteiger partial charge in [0, 0.05) is 12.1 Å². The van der Waals surface area contributed by atoms with Crippen LogP contribution in [-0.4, -0.2) is 34.7 Å². The van der Waals surface area contributed by atoms with Crippen LogP contribution >= 0.6 is 0 Å². The van der Waals surface area contributed by atoms with Crippen LogP contribution in [0, 0.1) is 0 Å². The van der Waals surface area contributed by atoms with Crippen LogP contribution in [0.1, 0.15) is 45.4 Å². The molecule has 0 bridgehead atoms. The third-order valence-electron chi connectivity index (χ3n) is 3.52. The molecule has 76 valence electrons. The number of aliphatic hydroxyl groups excluding tert-OH is 1. The molecule has 2 heteroatoms. The third-order valence-corrected chi connectivity index (χ3v) is 3.52. The highest BCUT2D eigenvalue weighted by molar-refractivity contribution is 4.90. The predicted octanol–water partition coefficient (Wildman–Crippen LogP) is 1.77. The van der Waals surface area contributed by atoms with Gasteiger partial charge in [0.15, 0.2) is 0 Å². The summed E-state index contributed by atoms with van der Waals surface area (Å²) in [7, 11) is 0. The van der Waals surface area contributed by atoms with Gasteiger partial charge in [-0.2, -0.15) is 0 Å². The number of hydrogen-bond acceptors (Lipinski definition) is 2. The van der Waals surface area contributed by atoms with Crippen molar-refractivity contribution in [2.75, 3.05) is 6.54 Å². The minimum Gasteiger partial charge on any atom is -0.393 e. The van der Waals surface area contributed by atoms with Gasteiger partial charge in [-0.3, -0.25) is 4.90 Å². The van der Waals surface area contributed by atoms with Crippen molar-refractivity contribution in [2.45, 2.75) is 63.6 Å². The van der Waals surface area contributed by atoms with E-state index in [2.05, 4.69) is 11.8 Å². The average Bonchev–Trinajstić information content (AvgIpc) is 2.93. The molecule has 0 saturated heterocycles. The SMILES string of the molecule is CCN(C1CCC(O)CC1)C1CC1. The molecular weight excluding hydrogens is 162 g/mol. The van der Waals surface area contributed by atoms with Crippen LogP contribution in [0.4, 0.5) is 0 Å². The molecule has 2 aliphatic carbocycles. The molecule has 0 aliphatic heterocycles. The Balaban J connectivity index is 1.84. The zero-order chi connectivity index (χ0) is 9.26. The summed E-state index contributed by atoms with van der Waals surface area (Å²) in [6.45, 7) is 3.47. The lowest BCUT2D eigenvalue weighted by molar-refractivity contribution is 0.0725. The third kappa shape index (κ3) is 2.23. The van der Waals surface area contributed by atoms with E-state index in [0.29, 0.717) is 0 Å². The number of nitrogens with zero attached hydrogens (tertiary/aromatic N) is 1. The summed E-state index contributed by atoms with van der Waals surface area (Å²) >= 11 is 0. The molecule has 2 rings (SSSR count). The van der Waals surface area contributed by atoms with Crippen LogP contribution in [0.25, 0.3) is 0 Å². The highest BCUT2D eigenvalue weighted by Crippen LogP contribution is 2.33. The van der Waals surface area contributed by atoms with Crippen molar-refractivity contribution in [3.63, 3.8) is 0 Å². The normalized spacial score (nSPS) is 35.3. The van der Waals surface area contributed by atoms with Gasteiger partial charge in [0.2, 0.25) is 0 Å². The fourth-order valence-electron chi connectivity index (χ4n) is 2.61. The first-order valence-electron chi connectivity index (χ1n) is 5.75. The largest absolute Gasteiger partial charge is 0.393 e. The Labute approximate surface area is 80.9 Å². The topological polar surface area (TPSA) is 23.5 Å². The summed E-state index contributed by atoms with van der Waals surface area (Å²) in [4.78, 5) is 2.66. The molecule has 0 spiro atoms. The summed E-state index contributed by atoms with van der Waals surface area (Å²) in [5, 5.41) is 9.42. The van der Waals surface area contributed by atoms with Gasteiger partial charge < -0.3 is 5.11 Å². The van der Waals surface area contributed by atoms with Crippen molar-refractivity contribution >= 4 is 0 Å². The highest BCUT2D eigenvalue weighted by atomic mass is 16.3. The Morgan fingerprint density at radius 3 is 1.85 bits per heavy atom. The summed E-state index contributed by atoms with van der Waals surface area (Å²) in [5.41, 5.74) is 0. The minimum absolute atomic E-state index is 0.00541. The predicted molar refractivity (Wildman–Crippen MR) is 53.7 cm³/mol. The molecule has 0 aromatic rings. The molecule has 2 fully saturated rings. The second kappa shape index (κ2) is 3.97. The molecular formula is C11H21NO. The first kappa shape index (κ1) is 9.47. The lowest BCUT2D eigenvalue weighted by Gasteiger charge is -2.35. The number of hydrogen-bond donors (Lipinski definition) is 1. The van der Waals surface area contributed by atoms with Gasteiger partial charge in [0.1, 0.15) is 0 Å². The van der Waals surface area contributed by atoms with E-state index in [9.17, 15) is 5.11 Å². The number of rotatable bonds is 3. The van der Waals surface area contributed by atoms with E-state index >= 15 is 0 Å². The van der Waals surface area contributed by atoms with E-state index in [1.807, 2.05) is 0 Å². The Bertz CT molecular complexity index is 159. The summed E-state index contributed by atoms with van der Waals surface area (Å²) in [6.07, 6.45) is 7.28. The van der Waals surface area contributed by atoms with E-state index in [4.69, 9.17) is 0 Å². The summed E-state index contributed by atoms with van der Waals surface area (Å²) in [6, 6.07) is 1.67. The van der Waals surface area contributed by atoms with Crippen LogP contribution in [0.5, 0.6) is 0 Å². The fraction of sp³-hybridized carbons (Fsp3) is 1.00. The van der Waals surface area contributed by atoms with Crippen molar-refractivity contribution in [1.82, 2.24) is 4.90 Å². The lowest BCUT2D eigenvalue weighted by atomic mass is 9.92. The zero-order valence-corrected chi connectivity index (χ0v) is 8.58. The van der Waals surface area contributed by atoms with Crippen LogP contribution < -0.4 is 0 Å². The Morgan fingerprint density at radius 2 is 1.46 bits per heavy atom. The van der Waals surface area contributed by atoms with Gasteiger partial charge >= 0.3 is 0 Å². The van der Waals surface area contributed by atoms with E-state index in [-0.39, 0.29) is 6.10 Å². The van der Waals surface area contributed by atoms with Gasteiger partial charge in [-0.15, -0.1) is 0 Å². The molecule has 0 aromatic carbocycles. The first-order chi connectivity index (χ1) is 6.31. The fourth-order valence-corrected chi connectivity index (χ4v) is 2.61. The average molecular weight is 183 g/mol. The molecule has 2 aliphatic rings. The van der Waals surface area contributed by atoms with Gasteiger partial charge in [-0.1, -0.05) is 6.92 Å². The van der Waals surface area contributed by atoms with E-state index in [1.165, 1.54) is 32.2 Å². The molecule has 2 saturated carbocycles. The Morgan fingerprint density at radius 1 is 1.00 bits per heavy atom. The van der Waals surface area contributed by atoms with Crippen LogP contribution in [-0.2, 0) is 0 Å². The standard InChI is InChI=1S/C11H21NO/c1-2-12(9-3-4-9)10-5-7-11(13)8-6-10/h9-11,13H,2-8H2,1H3. The van der Waals surface area contributed by atoms with E-state index in [1.54, 1.807) is 0 Å². The monoisotopic (exact) mass is 183 g/mol. The van der Waals surface area contributed by atoms with Crippen LogP contribution in [0.15, 0.2) is 0 Å². The Hall–Kier alpha value is -0.0800. The molecule has 0 heterocycles. The molecule has 1 N–H and O–H groups in total. The molecule has 0 aromatic heterocycles. The van der Waals surface area contributed by atoms with Crippen LogP contribution in [0.2, 0.25) is 0 Å². The van der Waals surface area contributed by atoms with Crippen molar-refractivity contribution in [2.24, 2.45) is 0 Å². The maximum atomic E-state index is 9.42. The molecule has 0 unspecified atom stereocenters. The molecule has 13 heavy (non-hydrogen) atoms. The van der Waals surface area contributed by atoms with Gasteiger partial charge in [-0.05, 0) is 45.1 Å². The van der Waals surface area contributed by atoms with Crippen molar-refractivity contribution in [1.29, 1.82) is 0 Å². The minimum atomic E-state index is -0.00541. The maximum absolute atomic E-state index is 9.42. The number of aliphatic hydroxyl groups is 1. The van der Waals surface area contributed by atoms with Crippen molar-refractivity contribution in [3.05, 3.63) is 0 Å². The molecule has 0 radical (unpaired) electrons. The molecule has 0 atom stereocenters. The van der Waals surface area contributed by atoms with Gasteiger partial charge in [0.05, 0.1) is 6.10 Å². The highest BCUT2D eigenvalue weighted by Gasteiger charge is 2.34. The quantitative estimate of drug-likeness (QED) is 0.721. The Kier molecular flexibility index (Phi) is 2.89. The van der Waals surface area contributed by atoms with Gasteiger partial charge in [-0.25, -0.2) is 0 Å². The van der Waals surface area contributed by atoms with E-state index in [0.717, 1.165) is 24.9 Å². The molecule has 2 nitrogen and oxygen atoms in total.